The second kappa shape index (κ2) is 8.82. The van der Waals surface area contributed by atoms with Crippen molar-refractivity contribution < 1.29 is 19.1 Å². The van der Waals surface area contributed by atoms with Crippen molar-refractivity contribution in [2.75, 3.05) is 17.2 Å². The highest BCUT2D eigenvalue weighted by Crippen LogP contribution is 2.28. The molecule has 1 aromatic carbocycles. The molecule has 132 valence electrons. The maximum Gasteiger partial charge on any atom is 0.310 e. The van der Waals surface area contributed by atoms with Gasteiger partial charge in [-0.2, -0.15) is 0 Å². The Morgan fingerprint density at radius 1 is 1.08 bits per heavy atom. The highest BCUT2D eigenvalue weighted by molar-refractivity contribution is 5.96. The van der Waals surface area contributed by atoms with Crippen LogP contribution in [0.5, 0.6) is 0 Å². The van der Waals surface area contributed by atoms with Crippen molar-refractivity contribution in [3.05, 3.63) is 49.1 Å². The molecule has 1 aliphatic carbocycles. The summed E-state index contributed by atoms with van der Waals surface area (Å²) in [6, 6.07) is 6.81. The van der Waals surface area contributed by atoms with Crippen LogP contribution in [0.15, 0.2) is 49.1 Å². The maximum absolute atomic E-state index is 12.6. The first-order valence-corrected chi connectivity index (χ1v) is 8.12. The molecule has 6 heteroatoms. The zero-order chi connectivity index (χ0) is 18.2. The Kier molecular flexibility index (Phi) is 6.51. The third-order valence-corrected chi connectivity index (χ3v) is 3.89. The minimum absolute atomic E-state index is 0.137. The van der Waals surface area contributed by atoms with E-state index in [1.807, 2.05) is 12.2 Å². The van der Waals surface area contributed by atoms with Crippen LogP contribution < -0.4 is 10.6 Å². The normalized spacial score (nSPS) is 18.9. The van der Waals surface area contributed by atoms with Crippen molar-refractivity contribution in [1.82, 2.24) is 0 Å². The summed E-state index contributed by atoms with van der Waals surface area (Å²) >= 11 is 0. The fraction of sp³-hybridized carbons (Fsp3) is 0.316. The van der Waals surface area contributed by atoms with Crippen molar-refractivity contribution in [2.45, 2.75) is 19.8 Å². The van der Waals surface area contributed by atoms with E-state index >= 15 is 0 Å². The molecular formula is C19H22N2O4. The van der Waals surface area contributed by atoms with Gasteiger partial charge in [0.25, 0.3) is 0 Å². The Balaban J connectivity index is 2.02. The molecule has 0 fully saturated rings. The Morgan fingerprint density at radius 3 is 2.20 bits per heavy atom. The number of hydrogen-bond donors (Lipinski definition) is 2. The molecule has 0 bridgehead atoms. The summed E-state index contributed by atoms with van der Waals surface area (Å²) in [6.07, 6.45) is 6.27. The molecule has 2 N–H and O–H groups in total. The predicted molar refractivity (Wildman–Crippen MR) is 95.9 cm³/mol. The van der Waals surface area contributed by atoms with E-state index in [9.17, 15) is 14.4 Å². The third-order valence-electron chi connectivity index (χ3n) is 3.89. The fourth-order valence-corrected chi connectivity index (χ4v) is 2.69. The largest absolute Gasteiger partial charge is 0.461 e. The van der Waals surface area contributed by atoms with Crippen molar-refractivity contribution in [3.8, 4) is 0 Å². The van der Waals surface area contributed by atoms with Crippen LogP contribution in [0.1, 0.15) is 19.8 Å². The second-order valence-electron chi connectivity index (χ2n) is 5.82. The summed E-state index contributed by atoms with van der Waals surface area (Å²) in [6.45, 7) is 5.08. The first kappa shape index (κ1) is 18.4. The summed E-state index contributed by atoms with van der Waals surface area (Å²) in [7, 11) is 0. The van der Waals surface area contributed by atoms with E-state index in [2.05, 4.69) is 17.2 Å². The second-order valence-corrected chi connectivity index (χ2v) is 5.82. The van der Waals surface area contributed by atoms with Gasteiger partial charge in [0, 0.05) is 18.3 Å². The van der Waals surface area contributed by atoms with E-state index in [1.54, 1.807) is 24.3 Å². The molecule has 1 aliphatic rings. The van der Waals surface area contributed by atoms with Gasteiger partial charge < -0.3 is 15.4 Å². The van der Waals surface area contributed by atoms with Crippen molar-refractivity contribution in [2.24, 2.45) is 11.8 Å². The van der Waals surface area contributed by atoms with Crippen molar-refractivity contribution >= 4 is 29.2 Å². The van der Waals surface area contributed by atoms with E-state index in [4.69, 9.17) is 4.74 Å². The van der Waals surface area contributed by atoms with Crippen LogP contribution in [0.2, 0.25) is 0 Å². The van der Waals surface area contributed by atoms with Gasteiger partial charge in [-0.15, -0.1) is 0 Å². The number of benzene rings is 1. The Bertz CT molecular complexity index is 679. The molecule has 0 radical (unpaired) electrons. The van der Waals surface area contributed by atoms with E-state index in [0.29, 0.717) is 24.2 Å². The highest BCUT2D eigenvalue weighted by Gasteiger charge is 2.35. The van der Waals surface area contributed by atoms with Crippen LogP contribution >= 0.6 is 0 Å². The topological polar surface area (TPSA) is 84.5 Å². The van der Waals surface area contributed by atoms with E-state index in [-0.39, 0.29) is 24.4 Å². The lowest BCUT2D eigenvalue weighted by molar-refractivity contribution is -0.151. The first-order chi connectivity index (χ1) is 12.0. The lowest BCUT2D eigenvalue weighted by Crippen LogP contribution is -2.35. The highest BCUT2D eigenvalue weighted by atomic mass is 16.5. The Hall–Kier alpha value is -2.89. The molecule has 0 saturated carbocycles. The number of nitrogens with one attached hydrogen (secondary N) is 2. The minimum Gasteiger partial charge on any atom is -0.461 e. The molecule has 0 unspecified atom stereocenters. The number of hydrogen-bond acceptors (Lipinski definition) is 4. The van der Waals surface area contributed by atoms with Gasteiger partial charge in [0.05, 0.1) is 11.8 Å². The standard InChI is InChI=1S/C19H22N2O4/c1-3-12-25-19(24)17-7-5-4-6-16(17)18(23)21-15-10-8-14(9-11-15)20-13(2)22/h3-5,8-11,16-17H,1,6-7,12H2,2H3,(H,20,22)(H,21,23)/t16-,17+/m1/s1. The summed E-state index contributed by atoms with van der Waals surface area (Å²) < 4.78 is 5.10. The zero-order valence-corrected chi connectivity index (χ0v) is 14.2. The average Bonchev–Trinajstić information content (AvgIpc) is 2.61. The third kappa shape index (κ3) is 5.31. The summed E-state index contributed by atoms with van der Waals surface area (Å²) in [4.78, 5) is 35.7. The Morgan fingerprint density at radius 2 is 1.64 bits per heavy atom. The van der Waals surface area contributed by atoms with Gasteiger partial charge in [0.15, 0.2) is 0 Å². The summed E-state index contributed by atoms with van der Waals surface area (Å²) in [5, 5.41) is 5.48. The molecule has 2 amide bonds. The number of amides is 2. The molecule has 0 saturated heterocycles. The number of carbonyl (C=O) groups is 3. The fourth-order valence-electron chi connectivity index (χ4n) is 2.69. The Labute approximate surface area is 146 Å². The van der Waals surface area contributed by atoms with Crippen molar-refractivity contribution in [1.29, 1.82) is 0 Å². The lowest BCUT2D eigenvalue weighted by atomic mass is 9.82. The molecule has 25 heavy (non-hydrogen) atoms. The van der Waals surface area contributed by atoms with E-state index < -0.39 is 11.8 Å². The molecule has 0 heterocycles. The van der Waals surface area contributed by atoms with Crippen LogP contribution in [0.4, 0.5) is 11.4 Å². The van der Waals surface area contributed by atoms with Crippen molar-refractivity contribution in [3.63, 3.8) is 0 Å². The molecule has 6 nitrogen and oxygen atoms in total. The van der Waals surface area contributed by atoms with Crippen LogP contribution in [-0.4, -0.2) is 24.4 Å². The SMILES string of the molecule is C=CCOC(=O)[C@H]1CC=CC[C@H]1C(=O)Nc1ccc(NC(C)=O)cc1. The number of allylic oxidation sites excluding steroid dienone is 2. The van der Waals surface area contributed by atoms with Gasteiger partial charge in [-0.25, -0.2) is 0 Å². The van der Waals surface area contributed by atoms with Gasteiger partial charge in [0.2, 0.25) is 11.8 Å². The van der Waals surface area contributed by atoms with E-state index in [1.165, 1.54) is 13.0 Å². The molecule has 0 aliphatic heterocycles. The van der Waals surface area contributed by atoms with Gasteiger partial charge in [0.1, 0.15) is 6.61 Å². The summed E-state index contributed by atoms with van der Waals surface area (Å²) in [5.74, 6) is -1.74. The zero-order valence-electron chi connectivity index (χ0n) is 14.2. The lowest BCUT2D eigenvalue weighted by Gasteiger charge is -2.25. The van der Waals surface area contributed by atoms with Gasteiger partial charge in [-0.05, 0) is 37.1 Å². The van der Waals surface area contributed by atoms with Gasteiger partial charge in [-0.1, -0.05) is 24.8 Å². The number of ether oxygens (including phenoxy) is 1. The van der Waals surface area contributed by atoms with E-state index in [0.717, 1.165) is 0 Å². The maximum atomic E-state index is 12.6. The molecule has 0 aromatic heterocycles. The van der Waals surface area contributed by atoms with Gasteiger partial charge >= 0.3 is 5.97 Å². The van der Waals surface area contributed by atoms with Gasteiger partial charge in [-0.3, -0.25) is 14.4 Å². The average molecular weight is 342 g/mol. The monoisotopic (exact) mass is 342 g/mol. The van der Waals surface area contributed by atoms with Crippen LogP contribution in [0.3, 0.4) is 0 Å². The first-order valence-electron chi connectivity index (χ1n) is 8.12. The predicted octanol–water partition coefficient (Wildman–Crippen LogP) is 2.90. The quantitative estimate of drug-likeness (QED) is 0.615. The molecular weight excluding hydrogens is 320 g/mol. The minimum atomic E-state index is -0.497. The number of esters is 1. The smallest absolute Gasteiger partial charge is 0.310 e. The number of rotatable bonds is 6. The molecule has 2 atom stereocenters. The number of anilines is 2. The molecule has 1 aromatic rings. The summed E-state index contributed by atoms with van der Waals surface area (Å²) in [5.41, 5.74) is 1.25. The van der Waals surface area contributed by atoms with Crippen LogP contribution in [-0.2, 0) is 19.1 Å². The van der Waals surface area contributed by atoms with Crippen LogP contribution in [0.25, 0.3) is 0 Å². The van der Waals surface area contributed by atoms with Crippen LogP contribution in [0, 0.1) is 11.8 Å². The number of carbonyl (C=O) groups excluding carboxylic acids is 3. The molecule has 2 rings (SSSR count). The molecule has 0 spiro atoms.